The Morgan fingerprint density at radius 1 is 0.269 bits per heavy atom. The monoisotopic (exact) mass is 660 g/mol. The van der Waals surface area contributed by atoms with Crippen molar-refractivity contribution in [3.63, 3.8) is 0 Å². The molecule has 0 bridgehead atoms. The molecule has 0 atom stereocenters. The van der Waals surface area contributed by atoms with E-state index in [2.05, 4.69) is 169 Å². The molecule has 0 unspecified atom stereocenters. The van der Waals surface area contributed by atoms with E-state index in [9.17, 15) is 0 Å². The molecule has 0 aliphatic heterocycles. The molecule has 0 saturated heterocycles. The van der Waals surface area contributed by atoms with Crippen LogP contribution in [0.5, 0.6) is 0 Å². The summed E-state index contributed by atoms with van der Waals surface area (Å²) in [5, 5.41) is 9.93. The van der Waals surface area contributed by atoms with Crippen molar-refractivity contribution in [2.45, 2.75) is 0 Å². The number of fused-ring (bicyclic) bond motifs is 4. The number of rotatable bonds is 5. The first kappa shape index (κ1) is 30.0. The van der Waals surface area contributed by atoms with Crippen molar-refractivity contribution in [1.82, 2.24) is 9.97 Å². The summed E-state index contributed by atoms with van der Waals surface area (Å²) in [6.45, 7) is 0. The Labute approximate surface area is 302 Å². The van der Waals surface area contributed by atoms with E-state index in [1.165, 1.54) is 65.3 Å². The minimum Gasteiger partial charge on any atom is -0.255 e. The first-order valence-corrected chi connectivity index (χ1v) is 17.7. The number of benzene rings is 8. The van der Waals surface area contributed by atoms with Crippen LogP contribution < -0.4 is 0 Å². The Bertz CT molecular complexity index is 2960. The maximum absolute atomic E-state index is 5.02. The fourth-order valence-corrected chi connectivity index (χ4v) is 7.78. The van der Waals surface area contributed by atoms with Gasteiger partial charge in [-0.25, -0.2) is 4.98 Å². The molecule has 0 aliphatic carbocycles. The first-order chi connectivity index (χ1) is 25.8. The maximum Gasteiger partial charge on any atom is 0.0893 e. The van der Waals surface area contributed by atoms with Crippen molar-refractivity contribution in [2.75, 3.05) is 0 Å². The fourth-order valence-electron chi connectivity index (χ4n) is 7.78. The quantitative estimate of drug-likeness (QED) is 0.172. The minimum absolute atomic E-state index is 0.863. The van der Waals surface area contributed by atoms with Crippen LogP contribution in [0, 0.1) is 0 Å². The lowest BCUT2D eigenvalue weighted by atomic mass is 9.84. The van der Waals surface area contributed by atoms with Crippen LogP contribution in [-0.4, -0.2) is 9.97 Å². The normalized spacial score (nSPS) is 11.5. The smallest absolute Gasteiger partial charge is 0.0893 e. The lowest BCUT2D eigenvalue weighted by Gasteiger charge is -2.19. The second-order valence-corrected chi connectivity index (χ2v) is 13.4. The van der Waals surface area contributed by atoms with E-state index in [1.807, 2.05) is 30.5 Å². The summed E-state index contributed by atoms with van der Waals surface area (Å²) in [5.41, 5.74) is 11.0. The van der Waals surface area contributed by atoms with E-state index >= 15 is 0 Å². The average Bonchev–Trinajstić information content (AvgIpc) is 3.22. The van der Waals surface area contributed by atoms with Gasteiger partial charge in [-0.1, -0.05) is 140 Å². The van der Waals surface area contributed by atoms with E-state index in [4.69, 9.17) is 4.98 Å². The second kappa shape index (κ2) is 12.5. The van der Waals surface area contributed by atoms with E-state index in [-0.39, 0.29) is 0 Å². The number of pyridine rings is 2. The van der Waals surface area contributed by atoms with Gasteiger partial charge in [0.25, 0.3) is 0 Å². The van der Waals surface area contributed by atoms with Gasteiger partial charge in [-0.05, 0) is 125 Å². The molecule has 10 aromatic rings. The van der Waals surface area contributed by atoms with Crippen molar-refractivity contribution in [1.29, 1.82) is 0 Å². The second-order valence-electron chi connectivity index (χ2n) is 13.4. The summed E-state index contributed by atoms with van der Waals surface area (Å²) >= 11 is 0. The summed E-state index contributed by atoms with van der Waals surface area (Å²) < 4.78 is 0. The third-order valence-corrected chi connectivity index (χ3v) is 10.3. The van der Waals surface area contributed by atoms with Gasteiger partial charge in [0.15, 0.2) is 0 Å². The summed E-state index contributed by atoms with van der Waals surface area (Å²) in [4.78, 5) is 9.55. The Balaban J connectivity index is 1.21. The third kappa shape index (κ3) is 5.21. The lowest BCUT2D eigenvalue weighted by molar-refractivity contribution is 1.25. The molecule has 242 valence electrons. The van der Waals surface area contributed by atoms with Gasteiger partial charge in [-0.2, -0.15) is 0 Å². The molecule has 0 radical (unpaired) electrons. The topological polar surface area (TPSA) is 25.8 Å². The predicted octanol–water partition coefficient (Wildman–Crippen LogP) is 13.4. The molecule has 0 fully saturated rings. The van der Waals surface area contributed by atoms with Crippen LogP contribution in [0.4, 0.5) is 0 Å². The highest BCUT2D eigenvalue weighted by atomic mass is 14.8. The first-order valence-electron chi connectivity index (χ1n) is 17.7. The van der Waals surface area contributed by atoms with Crippen molar-refractivity contribution < 1.29 is 0 Å². The Morgan fingerprint density at radius 3 is 1.48 bits per heavy atom. The molecular weight excluding hydrogens is 629 g/mol. The molecule has 8 aromatic carbocycles. The van der Waals surface area contributed by atoms with E-state index in [0.29, 0.717) is 0 Å². The van der Waals surface area contributed by atoms with E-state index < -0.39 is 0 Å². The highest BCUT2D eigenvalue weighted by Gasteiger charge is 2.18. The molecule has 2 heterocycles. The van der Waals surface area contributed by atoms with Crippen LogP contribution in [0.15, 0.2) is 194 Å². The van der Waals surface area contributed by atoms with Gasteiger partial charge in [0.1, 0.15) is 0 Å². The third-order valence-electron chi connectivity index (χ3n) is 10.3. The molecule has 0 aliphatic rings. The maximum atomic E-state index is 5.02. The van der Waals surface area contributed by atoms with Gasteiger partial charge in [0, 0.05) is 11.8 Å². The Morgan fingerprint density at radius 2 is 0.788 bits per heavy atom. The highest BCUT2D eigenvalue weighted by molar-refractivity contribution is 6.22. The standard InChI is InChI=1S/C50H32N2/c1-3-13-35-30-40(24-22-33(35)11-1)49-42-17-5-6-18-43(42)50(41-25-23-34-12-2-4-14-36(34)31-41)45-32-38(26-27-44(45)49)37-15-9-16-39(29-37)46-20-10-21-48(52-46)47-19-7-8-28-51-47/h1-32H. The minimum atomic E-state index is 0.863. The van der Waals surface area contributed by atoms with Crippen LogP contribution in [0.3, 0.4) is 0 Å². The van der Waals surface area contributed by atoms with Crippen molar-refractivity contribution >= 4 is 43.1 Å². The van der Waals surface area contributed by atoms with Gasteiger partial charge in [0.2, 0.25) is 0 Å². The fraction of sp³-hybridized carbons (Fsp3) is 0. The zero-order valence-electron chi connectivity index (χ0n) is 28.4. The van der Waals surface area contributed by atoms with Crippen molar-refractivity contribution in [3.8, 4) is 56.0 Å². The molecule has 2 heteroatoms. The molecule has 52 heavy (non-hydrogen) atoms. The lowest BCUT2D eigenvalue weighted by Crippen LogP contribution is -1.92. The molecule has 10 rings (SSSR count). The summed E-state index contributed by atoms with van der Waals surface area (Å²) in [7, 11) is 0. The molecular formula is C50H32N2. The van der Waals surface area contributed by atoms with Crippen LogP contribution in [0.2, 0.25) is 0 Å². The molecule has 2 aromatic heterocycles. The van der Waals surface area contributed by atoms with E-state index in [0.717, 1.165) is 33.8 Å². The predicted molar refractivity (Wildman–Crippen MR) is 219 cm³/mol. The summed E-state index contributed by atoms with van der Waals surface area (Å²) in [6, 6.07) is 67.7. The van der Waals surface area contributed by atoms with Gasteiger partial charge in [-0.15, -0.1) is 0 Å². The average molecular weight is 661 g/mol. The Kier molecular flexibility index (Phi) is 7.18. The summed E-state index contributed by atoms with van der Waals surface area (Å²) in [6.07, 6.45) is 1.81. The largest absolute Gasteiger partial charge is 0.255 e. The molecule has 0 amide bonds. The zero-order chi connectivity index (χ0) is 34.4. The molecule has 0 saturated carbocycles. The highest BCUT2D eigenvalue weighted by Crippen LogP contribution is 2.46. The van der Waals surface area contributed by atoms with Crippen LogP contribution in [0.25, 0.3) is 99.1 Å². The number of aromatic nitrogens is 2. The Hall–Kier alpha value is -6.90. The molecule has 0 N–H and O–H groups in total. The number of hydrogen-bond donors (Lipinski definition) is 0. The van der Waals surface area contributed by atoms with E-state index in [1.54, 1.807) is 0 Å². The number of hydrogen-bond acceptors (Lipinski definition) is 2. The van der Waals surface area contributed by atoms with Crippen molar-refractivity contribution in [3.05, 3.63) is 194 Å². The molecule has 2 nitrogen and oxygen atoms in total. The summed E-state index contributed by atoms with van der Waals surface area (Å²) in [5.74, 6) is 0. The zero-order valence-corrected chi connectivity index (χ0v) is 28.4. The van der Waals surface area contributed by atoms with Crippen LogP contribution in [-0.2, 0) is 0 Å². The van der Waals surface area contributed by atoms with Crippen LogP contribution >= 0.6 is 0 Å². The SMILES string of the molecule is c1ccc(-c2cccc(-c3cccc(-c4ccc5c(-c6ccc7ccccc7c6)c6ccccc6c(-c6ccc7ccccc7c6)c5c4)c3)n2)nc1. The van der Waals surface area contributed by atoms with Gasteiger partial charge < -0.3 is 0 Å². The van der Waals surface area contributed by atoms with Crippen LogP contribution in [0.1, 0.15) is 0 Å². The number of nitrogens with zero attached hydrogens (tertiary/aromatic N) is 2. The van der Waals surface area contributed by atoms with Gasteiger partial charge in [0.05, 0.1) is 17.1 Å². The van der Waals surface area contributed by atoms with Gasteiger partial charge >= 0.3 is 0 Å². The van der Waals surface area contributed by atoms with Crippen molar-refractivity contribution in [2.24, 2.45) is 0 Å². The molecule has 0 spiro atoms. The van der Waals surface area contributed by atoms with Gasteiger partial charge in [-0.3, -0.25) is 4.98 Å².